The fourth-order valence-electron chi connectivity index (χ4n) is 3.81. The maximum absolute atomic E-state index is 13.1. The van der Waals surface area contributed by atoms with Gasteiger partial charge in [-0.1, -0.05) is 6.07 Å². The predicted molar refractivity (Wildman–Crippen MR) is 122 cm³/mol. The molecule has 1 aliphatic heterocycles. The van der Waals surface area contributed by atoms with Gasteiger partial charge in [-0.2, -0.15) is 0 Å². The van der Waals surface area contributed by atoms with E-state index in [0.717, 1.165) is 43.7 Å². The zero-order valence-corrected chi connectivity index (χ0v) is 18.2. The molecule has 3 N–H and O–H groups in total. The smallest absolute Gasteiger partial charge is 0.282 e. The van der Waals surface area contributed by atoms with Crippen LogP contribution in [0, 0.1) is 17.0 Å². The number of hydrogen-bond donors (Lipinski definition) is 3. The molecule has 2 fully saturated rings. The largest absolute Gasteiger partial charge is 0.369 e. The fraction of sp³-hybridized carbons (Fsp3) is 0.391. The van der Waals surface area contributed by atoms with Crippen LogP contribution in [-0.2, 0) is 0 Å². The SMILES string of the molecule is Cc1ccc(C(=O)NC2CC2)cc1NC(=O)c1cc(N2CCN[C@@H](C)C2)ccc1[N+](=O)[O-]. The number of amides is 2. The van der Waals surface area contributed by atoms with E-state index >= 15 is 0 Å². The number of hydrogen-bond acceptors (Lipinski definition) is 6. The summed E-state index contributed by atoms with van der Waals surface area (Å²) in [4.78, 5) is 38.6. The number of carbonyl (C=O) groups excluding carboxylic acids is 2. The van der Waals surface area contributed by atoms with Gasteiger partial charge in [0.05, 0.1) is 4.92 Å². The lowest BCUT2D eigenvalue weighted by Gasteiger charge is -2.33. The lowest BCUT2D eigenvalue weighted by molar-refractivity contribution is -0.385. The van der Waals surface area contributed by atoms with Crippen LogP contribution in [0.4, 0.5) is 17.1 Å². The van der Waals surface area contributed by atoms with Crippen molar-refractivity contribution >= 4 is 28.9 Å². The molecule has 1 saturated carbocycles. The van der Waals surface area contributed by atoms with Gasteiger partial charge in [-0.25, -0.2) is 0 Å². The summed E-state index contributed by atoms with van der Waals surface area (Å²) in [6.07, 6.45) is 1.96. The van der Waals surface area contributed by atoms with E-state index in [1.807, 2.05) is 6.92 Å². The van der Waals surface area contributed by atoms with Crippen LogP contribution in [0.25, 0.3) is 0 Å². The lowest BCUT2D eigenvalue weighted by Crippen LogP contribution is -2.49. The normalized spacial score (nSPS) is 18.2. The molecule has 1 atom stereocenters. The van der Waals surface area contributed by atoms with Crippen LogP contribution in [0.1, 0.15) is 46.0 Å². The van der Waals surface area contributed by atoms with Gasteiger partial charge in [0, 0.05) is 54.7 Å². The Morgan fingerprint density at radius 2 is 1.94 bits per heavy atom. The first-order chi connectivity index (χ1) is 15.3. The summed E-state index contributed by atoms with van der Waals surface area (Å²) in [5.74, 6) is -0.770. The second-order valence-electron chi connectivity index (χ2n) is 8.49. The van der Waals surface area contributed by atoms with Crippen LogP contribution in [0.5, 0.6) is 0 Å². The highest BCUT2D eigenvalue weighted by Gasteiger charge is 2.26. The number of piperazine rings is 1. The standard InChI is InChI=1S/C23H27N5O4/c1-14-3-4-16(22(29)25-17-5-6-17)11-20(14)26-23(30)19-12-18(7-8-21(19)28(31)32)27-10-9-24-15(2)13-27/h3-4,7-8,11-12,15,17,24H,5-6,9-10,13H2,1-2H3,(H,25,29)(H,26,30)/t15-/m0/s1. The van der Waals surface area contributed by atoms with Gasteiger partial charge in [-0.3, -0.25) is 19.7 Å². The Hall–Kier alpha value is -3.46. The molecule has 4 rings (SSSR count). The molecule has 2 amide bonds. The molecule has 9 heteroatoms. The van der Waals surface area contributed by atoms with Gasteiger partial charge in [0.25, 0.3) is 17.5 Å². The Labute approximate surface area is 186 Å². The zero-order chi connectivity index (χ0) is 22.8. The van der Waals surface area contributed by atoms with Crippen molar-refractivity contribution in [2.45, 2.75) is 38.8 Å². The number of nitrogens with one attached hydrogen (secondary N) is 3. The molecular weight excluding hydrogens is 410 g/mol. The molecule has 1 saturated heterocycles. The zero-order valence-electron chi connectivity index (χ0n) is 18.2. The number of benzene rings is 2. The third kappa shape index (κ3) is 4.88. The highest BCUT2D eigenvalue weighted by atomic mass is 16.6. The molecule has 2 aromatic rings. The number of nitro groups is 1. The van der Waals surface area contributed by atoms with E-state index < -0.39 is 10.8 Å². The van der Waals surface area contributed by atoms with E-state index in [0.29, 0.717) is 11.3 Å². The van der Waals surface area contributed by atoms with Crippen LogP contribution < -0.4 is 20.9 Å². The van der Waals surface area contributed by atoms with Crippen LogP contribution in [0.2, 0.25) is 0 Å². The lowest BCUT2D eigenvalue weighted by atomic mass is 10.1. The van der Waals surface area contributed by atoms with Crippen LogP contribution >= 0.6 is 0 Å². The summed E-state index contributed by atoms with van der Waals surface area (Å²) in [7, 11) is 0. The number of anilines is 2. The van der Waals surface area contributed by atoms with Crippen molar-refractivity contribution < 1.29 is 14.5 Å². The summed E-state index contributed by atoms with van der Waals surface area (Å²) in [5, 5.41) is 20.6. The molecule has 32 heavy (non-hydrogen) atoms. The van der Waals surface area contributed by atoms with Gasteiger partial charge in [0.2, 0.25) is 0 Å². The summed E-state index contributed by atoms with van der Waals surface area (Å²) >= 11 is 0. The van der Waals surface area contributed by atoms with Crippen LogP contribution in [-0.4, -0.2) is 48.5 Å². The second kappa shape index (κ2) is 8.96. The first-order valence-electron chi connectivity index (χ1n) is 10.8. The number of nitro benzene ring substituents is 1. The Bertz CT molecular complexity index is 1070. The van der Waals surface area contributed by atoms with E-state index in [9.17, 15) is 19.7 Å². The molecule has 9 nitrogen and oxygen atoms in total. The molecule has 0 aromatic heterocycles. The van der Waals surface area contributed by atoms with E-state index in [1.54, 1.807) is 30.3 Å². The van der Waals surface area contributed by atoms with Crippen molar-refractivity contribution in [2.24, 2.45) is 0 Å². The van der Waals surface area contributed by atoms with E-state index in [4.69, 9.17) is 0 Å². The molecule has 0 radical (unpaired) electrons. The minimum atomic E-state index is -0.579. The molecule has 0 unspecified atom stereocenters. The quantitative estimate of drug-likeness (QED) is 0.473. The van der Waals surface area contributed by atoms with Gasteiger partial charge in [-0.05, 0) is 56.5 Å². The number of carbonyl (C=O) groups is 2. The van der Waals surface area contributed by atoms with Crippen molar-refractivity contribution in [1.29, 1.82) is 0 Å². The monoisotopic (exact) mass is 437 g/mol. The molecular formula is C23H27N5O4. The molecule has 0 bridgehead atoms. The summed E-state index contributed by atoms with van der Waals surface area (Å²) in [6, 6.07) is 10.2. The van der Waals surface area contributed by atoms with E-state index in [2.05, 4.69) is 27.8 Å². The van der Waals surface area contributed by atoms with Gasteiger partial charge in [0.15, 0.2) is 0 Å². The third-order valence-electron chi connectivity index (χ3n) is 5.82. The number of aryl methyl sites for hydroxylation is 1. The predicted octanol–water partition coefficient (Wildman–Crippen LogP) is 2.85. The third-order valence-corrected chi connectivity index (χ3v) is 5.82. The molecule has 0 spiro atoms. The topological polar surface area (TPSA) is 117 Å². The van der Waals surface area contributed by atoms with E-state index in [1.165, 1.54) is 6.07 Å². The Balaban J connectivity index is 1.60. The summed E-state index contributed by atoms with van der Waals surface area (Å²) < 4.78 is 0. The Kier molecular flexibility index (Phi) is 6.09. The maximum atomic E-state index is 13.1. The molecule has 1 heterocycles. The van der Waals surface area contributed by atoms with Gasteiger partial charge in [0.1, 0.15) is 5.56 Å². The highest BCUT2D eigenvalue weighted by Crippen LogP contribution is 2.28. The molecule has 2 aromatic carbocycles. The summed E-state index contributed by atoms with van der Waals surface area (Å²) in [5.41, 5.74) is 2.16. The second-order valence-corrected chi connectivity index (χ2v) is 8.49. The van der Waals surface area contributed by atoms with Gasteiger partial charge in [-0.15, -0.1) is 0 Å². The fourth-order valence-corrected chi connectivity index (χ4v) is 3.81. The van der Waals surface area contributed by atoms with Crippen molar-refractivity contribution in [3.05, 3.63) is 63.2 Å². The van der Waals surface area contributed by atoms with Crippen molar-refractivity contribution in [3.8, 4) is 0 Å². The van der Waals surface area contributed by atoms with E-state index in [-0.39, 0.29) is 29.2 Å². The molecule has 1 aliphatic carbocycles. The average molecular weight is 438 g/mol. The number of rotatable bonds is 6. The van der Waals surface area contributed by atoms with Crippen molar-refractivity contribution in [3.63, 3.8) is 0 Å². The molecule has 168 valence electrons. The maximum Gasteiger partial charge on any atom is 0.282 e. The van der Waals surface area contributed by atoms with Crippen LogP contribution in [0.15, 0.2) is 36.4 Å². The minimum Gasteiger partial charge on any atom is -0.369 e. The van der Waals surface area contributed by atoms with Crippen molar-refractivity contribution in [1.82, 2.24) is 10.6 Å². The summed E-state index contributed by atoms with van der Waals surface area (Å²) in [6.45, 7) is 6.18. The highest BCUT2D eigenvalue weighted by molar-refractivity contribution is 6.08. The van der Waals surface area contributed by atoms with Gasteiger partial charge < -0.3 is 20.9 Å². The minimum absolute atomic E-state index is 0.00841. The first kappa shape index (κ1) is 21.8. The average Bonchev–Trinajstić information content (AvgIpc) is 3.58. The molecule has 2 aliphatic rings. The Morgan fingerprint density at radius 1 is 1.16 bits per heavy atom. The van der Waals surface area contributed by atoms with Crippen molar-refractivity contribution in [2.75, 3.05) is 29.9 Å². The number of nitrogens with zero attached hydrogens (tertiary/aromatic N) is 2. The van der Waals surface area contributed by atoms with Gasteiger partial charge >= 0.3 is 0 Å². The Morgan fingerprint density at radius 3 is 2.62 bits per heavy atom. The van der Waals surface area contributed by atoms with Crippen LogP contribution in [0.3, 0.4) is 0 Å². The first-order valence-corrected chi connectivity index (χ1v) is 10.8.